The number of carbonyl (C=O) groups is 1. The van der Waals surface area contributed by atoms with Gasteiger partial charge < -0.3 is 15.8 Å². The summed E-state index contributed by atoms with van der Waals surface area (Å²) in [6.45, 7) is 0. The molecule has 3 N–H and O–H groups in total. The van der Waals surface area contributed by atoms with Crippen molar-refractivity contribution in [1.29, 1.82) is 0 Å². The van der Waals surface area contributed by atoms with Gasteiger partial charge in [-0.2, -0.15) is 0 Å². The van der Waals surface area contributed by atoms with E-state index >= 15 is 0 Å². The van der Waals surface area contributed by atoms with Gasteiger partial charge in [0, 0.05) is 6.42 Å². The molecule has 21 heavy (non-hydrogen) atoms. The fourth-order valence-corrected chi connectivity index (χ4v) is 3.49. The molecule has 4 nitrogen and oxygen atoms in total. The van der Waals surface area contributed by atoms with Crippen molar-refractivity contribution in [2.75, 3.05) is 0 Å². The molecule has 1 fully saturated rings. The minimum Gasteiger partial charge on any atom is -0.480 e. The Bertz CT molecular complexity index is 542. The second-order valence-corrected chi connectivity index (χ2v) is 6.35. The Hall–Kier alpha value is -1.62. The van der Waals surface area contributed by atoms with Crippen LogP contribution in [-0.2, 0) is 11.2 Å². The third-order valence-electron chi connectivity index (χ3n) is 4.48. The zero-order valence-corrected chi connectivity index (χ0v) is 12.7. The summed E-state index contributed by atoms with van der Waals surface area (Å²) in [5, 5.41) is 3.08. The van der Waals surface area contributed by atoms with Crippen molar-refractivity contribution in [2.24, 2.45) is 5.73 Å². The van der Waals surface area contributed by atoms with E-state index in [1.54, 1.807) is 0 Å². The quantitative estimate of drug-likeness (QED) is 0.839. The Morgan fingerprint density at radius 3 is 2.67 bits per heavy atom. The average Bonchev–Trinajstić information content (AvgIpc) is 2.92. The number of ether oxygens (including phenoxy) is 1. The van der Waals surface area contributed by atoms with E-state index < -0.39 is 11.6 Å². The smallest absolute Gasteiger partial charge is 0.262 e. The van der Waals surface area contributed by atoms with Gasteiger partial charge in [0.05, 0.1) is 10.5 Å². The van der Waals surface area contributed by atoms with Gasteiger partial charge in [-0.1, -0.05) is 49.7 Å². The molecule has 0 saturated heterocycles. The number of para-hydroxylation sites is 1. The van der Waals surface area contributed by atoms with E-state index in [1.807, 2.05) is 24.3 Å². The molecule has 1 aliphatic heterocycles. The molecule has 112 valence electrons. The third kappa shape index (κ3) is 2.75. The Morgan fingerprint density at radius 2 is 2.00 bits per heavy atom. The third-order valence-corrected chi connectivity index (χ3v) is 4.87. The largest absolute Gasteiger partial charge is 0.480 e. The lowest BCUT2D eigenvalue weighted by Gasteiger charge is -2.37. The van der Waals surface area contributed by atoms with Crippen molar-refractivity contribution in [1.82, 2.24) is 5.32 Å². The van der Waals surface area contributed by atoms with Gasteiger partial charge in [0.25, 0.3) is 5.91 Å². The molecule has 1 aromatic rings. The van der Waals surface area contributed by atoms with Gasteiger partial charge in [0.1, 0.15) is 5.75 Å². The number of rotatable bonds is 3. The minimum absolute atomic E-state index is 0.110. The zero-order chi connectivity index (χ0) is 14.9. The maximum Gasteiger partial charge on any atom is 0.262 e. The van der Waals surface area contributed by atoms with Crippen molar-refractivity contribution in [3.8, 4) is 5.75 Å². The highest BCUT2D eigenvalue weighted by molar-refractivity contribution is 7.80. The highest BCUT2D eigenvalue weighted by Gasteiger charge is 2.39. The van der Waals surface area contributed by atoms with Gasteiger partial charge in [0.2, 0.25) is 0 Å². The molecular formula is C16H20N2O2S. The lowest BCUT2D eigenvalue weighted by Crippen LogP contribution is -2.60. The topological polar surface area (TPSA) is 64.3 Å². The van der Waals surface area contributed by atoms with E-state index in [4.69, 9.17) is 22.7 Å². The van der Waals surface area contributed by atoms with Crippen LogP contribution < -0.4 is 15.8 Å². The van der Waals surface area contributed by atoms with Gasteiger partial charge >= 0.3 is 0 Å². The summed E-state index contributed by atoms with van der Waals surface area (Å²) >= 11 is 5.21. The highest BCUT2D eigenvalue weighted by atomic mass is 32.1. The van der Waals surface area contributed by atoms with Crippen LogP contribution in [0, 0.1) is 0 Å². The van der Waals surface area contributed by atoms with Crippen molar-refractivity contribution in [3.63, 3.8) is 0 Å². The van der Waals surface area contributed by atoms with Crippen LogP contribution in [0.3, 0.4) is 0 Å². The molecule has 0 spiro atoms. The second kappa shape index (κ2) is 5.64. The molecule has 1 aliphatic carbocycles. The number of hydrogen-bond donors (Lipinski definition) is 2. The molecule has 5 heteroatoms. The number of benzene rings is 1. The summed E-state index contributed by atoms with van der Waals surface area (Å²) in [7, 11) is 0. The summed E-state index contributed by atoms with van der Waals surface area (Å²) in [6, 6.07) is 7.76. The van der Waals surface area contributed by atoms with Gasteiger partial charge in [0.15, 0.2) is 6.10 Å². The SMILES string of the molecule is NC(=S)C1(NC(=O)C2Cc3ccccc3O2)CCCCC1. The lowest BCUT2D eigenvalue weighted by molar-refractivity contribution is -0.128. The number of nitrogens with one attached hydrogen (secondary N) is 1. The van der Waals surface area contributed by atoms with E-state index in [0.29, 0.717) is 11.4 Å². The van der Waals surface area contributed by atoms with Gasteiger partial charge in [-0.3, -0.25) is 4.79 Å². The predicted molar refractivity (Wildman–Crippen MR) is 85.3 cm³/mol. The first-order valence-corrected chi connectivity index (χ1v) is 7.88. The summed E-state index contributed by atoms with van der Waals surface area (Å²) in [4.78, 5) is 12.9. The first-order chi connectivity index (χ1) is 10.1. The van der Waals surface area contributed by atoms with Crippen LogP contribution in [-0.4, -0.2) is 22.5 Å². The van der Waals surface area contributed by atoms with Gasteiger partial charge in [-0.25, -0.2) is 0 Å². The molecule has 1 saturated carbocycles. The molecule has 0 aromatic heterocycles. The van der Waals surface area contributed by atoms with E-state index in [9.17, 15) is 4.79 Å². The number of carbonyl (C=O) groups excluding carboxylic acids is 1. The highest BCUT2D eigenvalue weighted by Crippen LogP contribution is 2.31. The Morgan fingerprint density at radius 1 is 1.29 bits per heavy atom. The molecule has 1 amide bonds. The molecule has 1 atom stereocenters. The standard InChI is InChI=1S/C16H20N2O2S/c17-15(21)16(8-4-1-5-9-16)18-14(19)13-10-11-6-2-3-7-12(11)20-13/h2-3,6-7,13H,1,4-5,8-10H2,(H2,17,21)(H,18,19). The Labute approximate surface area is 130 Å². The average molecular weight is 304 g/mol. The summed E-state index contributed by atoms with van der Waals surface area (Å²) < 4.78 is 5.74. The number of amides is 1. The van der Waals surface area contributed by atoms with Crippen LogP contribution >= 0.6 is 12.2 Å². The molecule has 0 bridgehead atoms. The molecule has 1 heterocycles. The molecule has 2 aliphatic rings. The number of nitrogens with two attached hydrogens (primary N) is 1. The van der Waals surface area contributed by atoms with Crippen LogP contribution in [0.2, 0.25) is 0 Å². The van der Waals surface area contributed by atoms with E-state index in [-0.39, 0.29) is 5.91 Å². The minimum atomic E-state index is -0.525. The van der Waals surface area contributed by atoms with Crippen LogP contribution in [0.4, 0.5) is 0 Å². The normalized spacial score (nSPS) is 23.0. The molecule has 3 rings (SSSR count). The van der Waals surface area contributed by atoms with Crippen molar-refractivity contribution in [2.45, 2.75) is 50.2 Å². The Balaban J connectivity index is 1.70. The monoisotopic (exact) mass is 304 g/mol. The molecule has 1 aromatic carbocycles. The van der Waals surface area contributed by atoms with Crippen LogP contribution in [0.5, 0.6) is 5.75 Å². The van der Waals surface area contributed by atoms with Crippen molar-refractivity contribution < 1.29 is 9.53 Å². The Kier molecular flexibility index (Phi) is 3.85. The van der Waals surface area contributed by atoms with Gasteiger partial charge in [-0.05, 0) is 24.5 Å². The molecule has 0 radical (unpaired) electrons. The summed E-state index contributed by atoms with van der Waals surface area (Å²) in [5.41, 5.74) is 6.46. The van der Waals surface area contributed by atoms with Crippen LogP contribution in [0.25, 0.3) is 0 Å². The fraction of sp³-hybridized carbons (Fsp3) is 0.500. The molecular weight excluding hydrogens is 284 g/mol. The predicted octanol–water partition coefficient (Wildman–Crippen LogP) is 2.10. The lowest BCUT2D eigenvalue weighted by atomic mass is 9.81. The number of hydrogen-bond acceptors (Lipinski definition) is 3. The van der Waals surface area contributed by atoms with E-state index in [1.165, 1.54) is 6.42 Å². The van der Waals surface area contributed by atoms with Gasteiger partial charge in [-0.15, -0.1) is 0 Å². The van der Waals surface area contributed by atoms with Crippen LogP contribution in [0.1, 0.15) is 37.7 Å². The van der Waals surface area contributed by atoms with E-state index in [2.05, 4.69) is 5.32 Å². The number of thiocarbonyl (C=S) groups is 1. The fourth-order valence-electron chi connectivity index (χ4n) is 3.23. The molecule has 1 unspecified atom stereocenters. The summed E-state index contributed by atoms with van der Waals surface area (Å²) in [5.74, 6) is 0.687. The second-order valence-electron chi connectivity index (χ2n) is 5.91. The maximum absolute atomic E-state index is 12.5. The van der Waals surface area contributed by atoms with Crippen molar-refractivity contribution in [3.05, 3.63) is 29.8 Å². The number of fused-ring (bicyclic) bond motifs is 1. The maximum atomic E-state index is 12.5. The van der Waals surface area contributed by atoms with E-state index in [0.717, 1.165) is 37.0 Å². The first-order valence-electron chi connectivity index (χ1n) is 7.47. The van der Waals surface area contributed by atoms with Crippen LogP contribution in [0.15, 0.2) is 24.3 Å². The van der Waals surface area contributed by atoms with Crippen molar-refractivity contribution >= 4 is 23.1 Å². The first kappa shape index (κ1) is 14.3. The summed E-state index contributed by atoms with van der Waals surface area (Å²) in [6.07, 6.45) is 5.05. The zero-order valence-electron chi connectivity index (χ0n) is 11.9.